The fourth-order valence-corrected chi connectivity index (χ4v) is 2.86. The normalized spacial score (nSPS) is 41.5. The summed E-state index contributed by atoms with van der Waals surface area (Å²) in [5.41, 5.74) is 5.93. The molecule has 2 fully saturated rings. The van der Waals surface area contributed by atoms with Gasteiger partial charge in [-0.15, -0.1) is 0 Å². The highest BCUT2D eigenvalue weighted by atomic mass is 16.1. The predicted molar refractivity (Wildman–Crippen MR) is 46.1 cm³/mol. The van der Waals surface area contributed by atoms with Gasteiger partial charge >= 0.3 is 0 Å². The van der Waals surface area contributed by atoms with E-state index in [4.69, 9.17) is 11.0 Å². The lowest BCUT2D eigenvalue weighted by atomic mass is 9.84. The molecule has 0 heterocycles. The van der Waals surface area contributed by atoms with Gasteiger partial charge in [-0.2, -0.15) is 5.26 Å². The molecule has 2 saturated carbocycles. The molecule has 0 saturated heterocycles. The number of rotatable bonds is 1. The number of fused-ring (bicyclic) bond motifs is 2. The molecule has 2 aliphatic carbocycles. The summed E-state index contributed by atoms with van der Waals surface area (Å²) in [6, 6.07) is -0.0212. The first-order valence-corrected chi connectivity index (χ1v) is 4.68. The topological polar surface area (TPSA) is 78.9 Å². The molecule has 0 radical (unpaired) electrons. The molecule has 4 unspecified atom stereocenters. The van der Waals surface area contributed by atoms with Crippen LogP contribution in [0.2, 0.25) is 0 Å². The molecule has 2 aliphatic rings. The number of nitrogens with two attached hydrogens (primary N) is 1. The highest BCUT2D eigenvalue weighted by molar-refractivity contribution is 5.81. The average Bonchev–Trinajstić information content (AvgIpc) is 2.63. The molecule has 0 aliphatic heterocycles. The maximum atomic E-state index is 11.4. The first-order chi connectivity index (χ1) is 6.24. The highest BCUT2D eigenvalue weighted by Crippen LogP contribution is 2.47. The number of amides is 1. The van der Waals surface area contributed by atoms with E-state index >= 15 is 0 Å². The van der Waals surface area contributed by atoms with E-state index in [9.17, 15) is 4.79 Å². The lowest BCUT2D eigenvalue weighted by Gasteiger charge is -2.25. The van der Waals surface area contributed by atoms with Crippen molar-refractivity contribution < 1.29 is 4.79 Å². The zero-order valence-corrected chi connectivity index (χ0v) is 7.36. The van der Waals surface area contributed by atoms with Gasteiger partial charge in [0, 0.05) is 6.04 Å². The Hall–Kier alpha value is -1.08. The van der Waals surface area contributed by atoms with Crippen molar-refractivity contribution in [3.8, 4) is 6.19 Å². The SMILES string of the molecule is N#CNC(=O)C1C2CCC(C2)C1N. The molecule has 4 nitrogen and oxygen atoms in total. The lowest BCUT2D eigenvalue weighted by Crippen LogP contribution is -2.44. The molecule has 0 spiro atoms. The van der Waals surface area contributed by atoms with Gasteiger partial charge in [0.15, 0.2) is 6.19 Å². The van der Waals surface area contributed by atoms with Crippen LogP contribution in [-0.4, -0.2) is 11.9 Å². The van der Waals surface area contributed by atoms with Crippen molar-refractivity contribution in [3.63, 3.8) is 0 Å². The zero-order valence-electron chi connectivity index (χ0n) is 7.36. The molecule has 70 valence electrons. The van der Waals surface area contributed by atoms with Crippen LogP contribution in [0.25, 0.3) is 0 Å². The Morgan fingerprint density at radius 2 is 2.15 bits per heavy atom. The highest BCUT2D eigenvalue weighted by Gasteiger charge is 2.48. The van der Waals surface area contributed by atoms with E-state index in [1.54, 1.807) is 6.19 Å². The van der Waals surface area contributed by atoms with Crippen molar-refractivity contribution in [2.75, 3.05) is 0 Å². The first-order valence-electron chi connectivity index (χ1n) is 4.68. The number of nitriles is 1. The quantitative estimate of drug-likeness (QED) is 0.438. The second-order valence-electron chi connectivity index (χ2n) is 4.04. The smallest absolute Gasteiger partial charge is 0.237 e. The fraction of sp³-hybridized carbons (Fsp3) is 0.778. The third-order valence-corrected chi connectivity index (χ3v) is 3.46. The van der Waals surface area contributed by atoms with Crippen LogP contribution in [0.1, 0.15) is 19.3 Å². The third kappa shape index (κ3) is 1.20. The maximum Gasteiger partial charge on any atom is 0.237 e. The van der Waals surface area contributed by atoms with Crippen molar-refractivity contribution in [3.05, 3.63) is 0 Å². The molecule has 2 rings (SSSR count). The summed E-state index contributed by atoms with van der Waals surface area (Å²) < 4.78 is 0. The van der Waals surface area contributed by atoms with Crippen molar-refractivity contribution in [2.45, 2.75) is 25.3 Å². The summed E-state index contributed by atoms with van der Waals surface area (Å²) in [6.45, 7) is 0. The molecule has 2 bridgehead atoms. The van der Waals surface area contributed by atoms with E-state index in [1.807, 2.05) is 0 Å². The van der Waals surface area contributed by atoms with Crippen LogP contribution in [0.4, 0.5) is 0 Å². The van der Waals surface area contributed by atoms with Gasteiger partial charge in [0.05, 0.1) is 5.92 Å². The molecular weight excluding hydrogens is 166 g/mol. The van der Waals surface area contributed by atoms with Gasteiger partial charge in [-0.1, -0.05) is 0 Å². The molecule has 0 aromatic heterocycles. The Balaban J connectivity index is 2.08. The third-order valence-electron chi connectivity index (χ3n) is 3.46. The molecule has 3 N–H and O–H groups in total. The van der Waals surface area contributed by atoms with Gasteiger partial charge < -0.3 is 5.73 Å². The van der Waals surface area contributed by atoms with E-state index in [2.05, 4.69) is 5.32 Å². The summed E-state index contributed by atoms with van der Waals surface area (Å²) in [6.07, 6.45) is 5.00. The summed E-state index contributed by atoms with van der Waals surface area (Å²) >= 11 is 0. The molecule has 4 heteroatoms. The number of nitrogens with zero attached hydrogens (tertiary/aromatic N) is 1. The minimum atomic E-state index is -0.179. The lowest BCUT2D eigenvalue weighted by molar-refractivity contribution is -0.125. The molecule has 4 atom stereocenters. The summed E-state index contributed by atoms with van der Waals surface area (Å²) in [5.74, 6) is 0.647. The van der Waals surface area contributed by atoms with Gasteiger partial charge in [0.25, 0.3) is 0 Å². The molecular formula is C9H13N3O. The largest absolute Gasteiger partial charge is 0.327 e. The van der Waals surface area contributed by atoms with Gasteiger partial charge in [-0.05, 0) is 31.1 Å². The van der Waals surface area contributed by atoms with Gasteiger partial charge in [-0.25, -0.2) is 0 Å². The van der Waals surface area contributed by atoms with Crippen molar-refractivity contribution in [1.29, 1.82) is 5.26 Å². The molecule has 1 amide bonds. The van der Waals surface area contributed by atoms with E-state index in [0.717, 1.165) is 19.3 Å². The molecule has 0 aromatic carbocycles. The Labute approximate surface area is 77.1 Å². The monoisotopic (exact) mass is 179 g/mol. The number of hydrogen-bond acceptors (Lipinski definition) is 3. The second kappa shape index (κ2) is 3.00. The van der Waals surface area contributed by atoms with Crippen LogP contribution in [0.3, 0.4) is 0 Å². The standard InChI is InChI=1S/C9H13N3O/c10-4-12-9(13)7-5-1-2-6(3-5)8(7)11/h5-8H,1-3,11H2,(H,12,13). The van der Waals surface area contributed by atoms with Crippen molar-refractivity contribution >= 4 is 5.91 Å². The van der Waals surface area contributed by atoms with Crippen molar-refractivity contribution in [2.24, 2.45) is 23.5 Å². The summed E-state index contributed by atoms with van der Waals surface area (Å²) in [5, 5.41) is 10.5. The Bertz CT molecular complexity index is 269. The number of carbonyl (C=O) groups excluding carboxylic acids is 1. The van der Waals surface area contributed by atoms with Crippen molar-refractivity contribution in [1.82, 2.24) is 5.32 Å². The summed E-state index contributed by atoms with van der Waals surface area (Å²) in [7, 11) is 0. The van der Waals surface area contributed by atoms with Crippen LogP contribution in [-0.2, 0) is 4.79 Å². The zero-order chi connectivity index (χ0) is 9.42. The van der Waals surface area contributed by atoms with E-state index in [-0.39, 0.29) is 17.9 Å². The minimum Gasteiger partial charge on any atom is -0.327 e. The van der Waals surface area contributed by atoms with Gasteiger partial charge in [0.1, 0.15) is 0 Å². The number of carbonyl (C=O) groups is 1. The Morgan fingerprint density at radius 1 is 1.46 bits per heavy atom. The first kappa shape index (κ1) is 8.52. The van der Waals surface area contributed by atoms with E-state index < -0.39 is 0 Å². The van der Waals surface area contributed by atoms with Crippen LogP contribution < -0.4 is 11.1 Å². The Morgan fingerprint density at radius 3 is 2.69 bits per heavy atom. The van der Waals surface area contributed by atoms with Crippen LogP contribution >= 0.6 is 0 Å². The minimum absolute atomic E-state index is 0.0212. The van der Waals surface area contributed by atoms with E-state index in [0.29, 0.717) is 11.8 Å². The predicted octanol–water partition coefficient (Wildman–Crippen LogP) is -0.0429. The Kier molecular flexibility index (Phi) is 1.97. The average molecular weight is 179 g/mol. The summed E-state index contributed by atoms with van der Waals surface area (Å²) in [4.78, 5) is 11.4. The second-order valence-corrected chi connectivity index (χ2v) is 4.04. The number of hydrogen-bond donors (Lipinski definition) is 2. The number of nitrogens with one attached hydrogen (secondary N) is 1. The van der Waals surface area contributed by atoms with Gasteiger partial charge in [-0.3, -0.25) is 10.1 Å². The van der Waals surface area contributed by atoms with E-state index in [1.165, 1.54) is 0 Å². The fourth-order valence-electron chi connectivity index (χ4n) is 2.86. The van der Waals surface area contributed by atoms with Crippen LogP contribution in [0.5, 0.6) is 0 Å². The van der Waals surface area contributed by atoms with Crippen LogP contribution in [0, 0.1) is 29.2 Å². The molecule has 13 heavy (non-hydrogen) atoms. The maximum absolute atomic E-state index is 11.4. The molecule has 0 aromatic rings. The van der Waals surface area contributed by atoms with Crippen LogP contribution in [0.15, 0.2) is 0 Å². The van der Waals surface area contributed by atoms with Gasteiger partial charge in [0.2, 0.25) is 5.91 Å².